The lowest BCUT2D eigenvalue weighted by atomic mass is 9.95. The van der Waals surface area contributed by atoms with Gasteiger partial charge < -0.3 is 31.3 Å². The van der Waals surface area contributed by atoms with Gasteiger partial charge in [0.15, 0.2) is 0 Å². The minimum Gasteiger partial charge on any atom is -0.496 e. The summed E-state index contributed by atoms with van der Waals surface area (Å²) in [4.78, 5) is 55.0. The maximum absolute atomic E-state index is 13.7. The van der Waals surface area contributed by atoms with Crippen LogP contribution < -0.4 is 31.3 Å². The average Bonchev–Trinajstić information content (AvgIpc) is 0.814. The van der Waals surface area contributed by atoms with Crippen molar-refractivity contribution in [3.8, 4) is 61.6 Å². The highest BCUT2D eigenvalue weighted by molar-refractivity contribution is 6.31. The van der Waals surface area contributed by atoms with Crippen molar-refractivity contribution >= 4 is 34.7 Å². The molecule has 8 aromatic carbocycles. The van der Waals surface area contributed by atoms with Crippen molar-refractivity contribution in [1.29, 1.82) is 0 Å². The second kappa shape index (κ2) is 43.6. The molecule has 0 saturated heterocycles. The summed E-state index contributed by atoms with van der Waals surface area (Å²) < 4.78 is 32.4. The Kier molecular flexibility index (Phi) is 35.0. The number of carbonyl (C=O) groups excluding carboxylic acids is 4. The molecule has 0 unspecified atom stereocenters. The Morgan fingerprint density at radius 1 is 0.434 bits per heavy atom. The summed E-state index contributed by atoms with van der Waals surface area (Å²) in [5.74, 6) is 1.25. The number of nitrogens with one attached hydrogen (secondary N) is 5. The number of nitrogens with zero attached hydrogens (tertiary/aromatic N) is 2. The SMILES string of the molecule is C=C(C)[C@H](Cc1ccc(-c2ccccc2C)nc1)NC.CCc1ccccc1-c1ccc(C[C@H](NC)C(C)=O)cn1.CN[C@@H](Cc1ccc(-c2cc(C(C)C)ccc2OC)cc1)C(C)=O.CN[C@@H](Cc1ccc(-c2ccc(F)c(Cl)c2)cc1)C(C)=O.CN[C@@H](Cc1ccc(-c2ccccc2F)cc1)C(C)=O. The number of aryl methyl sites for hydroxylation is 2. The van der Waals surface area contributed by atoms with Crippen molar-refractivity contribution < 1.29 is 32.7 Å². The molecule has 0 bridgehead atoms. The van der Waals surface area contributed by atoms with Gasteiger partial charge in [0.2, 0.25) is 0 Å². The number of Topliss-reactive ketones (excluding diaryl/α,β-unsaturated/α-hetero) is 4. The van der Waals surface area contributed by atoms with E-state index in [1.807, 2.05) is 106 Å². The molecule has 2 aromatic heterocycles. The molecule has 556 valence electrons. The Morgan fingerprint density at radius 2 is 0.821 bits per heavy atom. The van der Waals surface area contributed by atoms with E-state index in [1.54, 1.807) is 73.2 Å². The largest absolute Gasteiger partial charge is 0.496 e. The van der Waals surface area contributed by atoms with E-state index in [0.29, 0.717) is 43.2 Å². The van der Waals surface area contributed by atoms with E-state index in [2.05, 4.69) is 175 Å². The lowest BCUT2D eigenvalue weighted by Gasteiger charge is -2.16. The number of ether oxygens (including phenoxy) is 1. The van der Waals surface area contributed by atoms with Gasteiger partial charge in [0.25, 0.3) is 0 Å². The Balaban J connectivity index is 0.000000208. The van der Waals surface area contributed by atoms with E-state index in [-0.39, 0.29) is 58.1 Å². The van der Waals surface area contributed by atoms with Gasteiger partial charge in [-0.15, -0.1) is 0 Å². The molecule has 0 saturated carbocycles. The fraction of sp³-hybridized carbons (Fsp3) is 0.297. The lowest BCUT2D eigenvalue weighted by molar-refractivity contribution is -0.119. The number of methoxy groups -OCH3 is 1. The third kappa shape index (κ3) is 26.1. The first kappa shape index (κ1) is 85.2. The summed E-state index contributed by atoms with van der Waals surface area (Å²) in [5.41, 5.74) is 20.5. The van der Waals surface area contributed by atoms with Crippen LogP contribution in [-0.2, 0) is 57.7 Å². The average molecular weight is 1450 g/mol. The highest BCUT2D eigenvalue weighted by Gasteiger charge is 2.18. The molecular formula is C91H106ClF2N7O5. The molecule has 0 radical (unpaired) electrons. The number of hydrogen-bond donors (Lipinski definition) is 5. The first-order chi connectivity index (χ1) is 50.8. The van der Waals surface area contributed by atoms with Crippen molar-refractivity contribution in [3.63, 3.8) is 0 Å². The highest BCUT2D eigenvalue weighted by atomic mass is 35.5. The van der Waals surface area contributed by atoms with Crippen LogP contribution >= 0.6 is 11.6 Å². The molecule has 0 spiro atoms. The second-order valence-electron chi connectivity index (χ2n) is 26.8. The van der Waals surface area contributed by atoms with Crippen LogP contribution in [0, 0.1) is 18.6 Å². The highest BCUT2D eigenvalue weighted by Crippen LogP contribution is 2.34. The zero-order valence-corrected chi connectivity index (χ0v) is 65.0. The summed E-state index contributed by atoms with van der Waals surface area (Å²) in [5, 5.41) is 15.5. The molecule has 5 atom stereocenters. The van der Waals surface area contributed by atoms with Gasteiger partial charge in [0.1, 0.15) is 40.5 Å². The van der Waals surface area contributed by atoms with E-state index in [9.17, 15) is 28.0 Å². The molecule has 106 heavy (non-hydrogen) atoms. The molecule has 0 aliphatic rings. The van der Waals surface area contributed by atoms with Crippen molar-refractivity contribution in [1.82, 2.24) is 36.6 Å². The van der Waals surface area contributed by atoms with Gasteiger partial charge in [-0.2, -0.15) is 0 Å². The predicted molar refractivity (Wildman–Crippen MR) is 435 cm³/mol. The smallest absolute Gasteiger partial charge is 0.147 e. The van der Waals surface area contributed by atoms with Crippen LogP contribution in [0.25, 0.3) is 55.9 Å². The van der Waals surface area contributed by atoms with Crippen molar-refractivity contribution in [2.45, 2.75) is 137 Å². The molecule has 0 amide bonds. The van der Waals surface area contributed by atoms with Crippen LogP contribution in [0.1, 0.15) is 106 Å². The van der Waals surface area contributed by atoms with Gasteiger partial charge in [-0.05, 0) is 230 Å². The molecule has 15 heteroatoms. The van der Waals surface area contributed by atoms with Crippen LogP contribution in [0.5, 0.6) is 5.75 Å². The van der Waals surface area contributed by atoms with Crippen molar-refractivity contribution in [2.75, 3.05) is 42.3 Å². The van der Waals surface area contributed by atoms with E-state index >= 15 is 0 Å². The molecular weight excluding hydrogens is 1340 g/mol. The van der Waals surface area contributed by atoms with E-state index in [1.165, 1.54) is 45.5 Å². The van der Waals surface area contributed by atoms with Crippen molar-refractivity contribution in [3.05, 3.63) is 292 Å². The Labute approximate surface area is 633 Å². The fourth-order valence-corrected chi connectivity index (χ4v) is 12.2. The zero-order chi connectivity index (χ0) is 77.4. The van der Waals surface area contributed by atoms with Crippen LogP contribution in [0.15, 0.2) is 231 Å². The Morgan fingerprint density at radius 3 is 1.22 bits per heavy atom. The molecule has 10 rings (SSSR count). The van der Waals surface area contributed by atoms with Gasteiger partial charge in [0.05, 0.1) is 47.7 Å². The van der Waals surface area contributed by atoms with Crippen LogP contribution in [0.3, 0.4) is 0 Å². The summed E-state index contributed by atoms with van der Waals surface area (Å²) in [6.07, 6.45) is 8.42. The number of hydrogen-bond acceptors (Lipinski definition) is 12. The number of aromatic nitrogens is 2. The minimum absolute atomic E-state index is 0.114. The first-order valence-corrected chi connectivity index (χ1v) is 36.5. The summed E-state index contributed by atoms with van der Waals surface area (Å²) in [6, 6.07) is 66.3. The molecule has 5 N–H and O–H groups in total. The summed E-state index contributed by atoms with van der Waals surface area (Å²) >= 11 is 5.80. The maximum atomic E-state index is 13.7. The summed E-state index contributed by atoms with van der Waals surface area (Å²) in [7, 11) is 10.9. The van der Waals surface area contributed by atoms with E-state index in [0.717, 1.165) is 85.6 Å². The zero-order valence-electron chi connectivity index (χ0n) is 64.3. The van der Waals surface area contributed by atoms with Gasteiger partial charge in [0, 0.05) is 40.7 Å². The lowest BCUT2D eigenvalue weighted by Crippen LogP contribution is -2.34. The van der Waals surface area contributed by atoms with E-state index < -0.39 is 5.82 Å². The molecule has 0 aliphatic carbocycles. The van der Waals surface area contributed by atoms with Gasteiger partial charge in [-0.1, -0.05) is 208 Å². The first-order valence-electron chi connectivity index (χ1n) is 36.1. The van der Waals surface area contributed by atoms with Crippen LogP contribution in [0.2, 0.25) is 5.02 Å². The third-order valence-corrected chi connectivity index (χ3v) is 19.0. The summed E-state index contributed by atoms with van der Waals surface area (Å²) in [6.45, 7) is 21.1. The molecule has 10 aromatic rings. The van der Waals surface area contributed by atoms with Gasteiger partial charge >= 0.3 is 0 Å². The number of rotatable bonds is 28. The third-order valence-electron chi connectivity index (χ3n) is 18.7. The molecule has 0 aliphatic heterocycles. The van der Waals surface area contributed by atoms with Gasteiger partial charge in [-0.25, -0.2) is 8.78 Å². The van der Waals surface area contributed by atoms with E-state index in [4.69, 9.17) is 16.3 Å². The molecule has 12 nitrogen and oxygen atoms in total. The minimum atomic E-state index is -0.421. The standard InChI is InChI=1S/C21H27NO2.C18H22N2O.C18H22N2.C17H17ClFNO.C17H18FNO/c1-14(2)18-10-11-21(24-5)19(13-18)17-8-6-16(7-9-17)12-20(22-4)15(3)23;1-4-15-7-5-6-8-16(15)17-10-9-14(12-20-17)11-18(19-3)13(2)21;1-13(2)18(19-4)11-15-9-10-17(20-12-15)16-8-6-5-7-14(16)3;1-11(21)17(20-2)9-12-3-5-13(6-4-12)14-7-8-16(19)15(18)10-14;1-12(20)17(19-2)11-13-7-9-14(10-8-13)15-5-3-4-6-16(15)18/h6-11,13-14,20,22H,12H2,1-5H3;5-10,12,18-19H,4,11H2,1-3H3;5-10,12,18-19H,1,11H2,2-4H3;3-8,10,17,20H,9H2,1-2H3;3-10,17,19H,11H2,1-2H3/t20-;2*18-;2*17-/m00000/s1. The quantitative estimate of drug-likeness (QED) is 0.0296. The number of pyridine rings is 2. The monoisotopic (exact) mass is 1450 g/mol. The Hall–Kier alpha value is -9.77. The number of likely N-dealkylation sites (N-methyl/N-ethyl adjacent to an activating group) is 5. The fourth-order valence-electron chi connectivity index (χ4n) is 12.0. The number of halogens is 3. The molecule has 0 fully saturated rings. The molecule has 2 heterocycles. The normalized spacial score (nSPS) is 12.2. The number of ketones is 4. The second-order valence-corrected chi connectivity index (χ2v) is 27.2. The Bertz CT molecular complexity index is 4330. The predicted octanol–water partition coefficient (Wildman–Crippen LogP) is 18.1. The van der Waals surface area contributed by atoms with Crippen LogP contribution in [-0.4, -0.2) is 106 Å². The van der Waals surface area contributed by atoms with Crippen molar-refractivity contribution in [2.24, 2.45) is 0 Å². The maximum Gasteiger partial charge on any atom is 0.147 e. The topological polar surface area (TPSA) is 163 Å². The van der Waals surface area contributed by atoms with Crippen LogP contribution in [0.4, 0.5) is 8.78 Å². The number of carbonyl (C=O) groups is 4. The number of benzene rings is 8. The van der Waals surface area contributed by atoms with Gasteiger partial charge in [-0.3, -0.25) is 29.1 Å².